The van der Waals surface area contributed by atoms with Crippen molar-refractivity contribution in [1.82, 2.24) is 4.57 Å². The maximum atomic E-state index is 12.3. The molecule has 1 aromatic heterocycles. The first-order chi connectivity index (χ1) is 11.6. The Bertz CT molecular complexity index is 925. The summed E-state index contributed by atoms with van der Waals surface area (Å²) in [6.07, 6.45) is 1.90. The van der Waals surface area contributed by atoms with Crippen molar-refractivity contribution in [3.05, 3.63) is 87.7 Å². The number of rotatable bonds is 4. The molecule has 0 unspecified atom stereocenters. The third-order valence-corrected chi connectivity index (χ3v) is 4.26. The normalized spacial score (nSPS) is 11.4. The van der Waals surface area contributed by atoms with Crippen molar-refractivity contribution < 1.29 is 9.59 Å². The lowest BCUT2D eigenvalue weighted by Gasteiger charge is -2.03. The van der Waals surface area contributed by atoms with E-state index in [1.165, 1.54) is 23.5 Å². The van der Waals surface area contributed by atoms with Crippen LogP contribution >= 0.6 is 11.3 Å². The number of carbonyl (C=O) groups is 2. The van der Waals surface area contributed by atoms with Crippen molar-refractivity contribution in [3.8, 4) is 0 Å². The minimum Gasteiger partial charge on any atom is -0.366 e. The van der Waals surface area contributed by atoms with Gasteiger partial charge in [-0.3, -0.25) is 9.59 Å². The lowest BCUT2D eigenvalue weighted by atomic mass is 10.1. The molecule has 2 N–H and O–H groups in total. The van der Waals surface area contributed by atoms with Crippen LogP contribution in [0.3, 0.4) is 0 Å². The maximum absolute atomic E-state index is 12.3. The molecule has 0 saturated heterocycles. The summed E-state index contributed by atoms with van der Waals surface area (Å²) in [6.45, 7) is 0.650. The third kappa shape index (κ3) is 3.67. The van der Waals surface area contributed by atoms with E-state index in [2.05, 4.69) is 4.99 Å². The molecule has 3 aromatic rings. The van der Waals surface area contributed by atoms with E-state index in [0.717, 1.165) is 5.56 Å². The molecule has 0 aliphatic carbocycles. The van der Waals surface area contributed by atoms with Gasteiger partial charge in [-0.25, -0.2) is 0 Å². The number of amides is 2. The van der Waals surface area contributed by atoms with E-state index in [4.69, 9.17) is 5.73 Å². The molecule has 0 radical (unpaired) electrons. The fraction of sp³-hybridized carbons (Fsp3) is 0.0556. The van der Waals surface area contributed by atoms with Gasteiger partial charge in [-0.05, 0) is 29.8 Å². The predicted molar refractivity (Wildman–Crippen MR) is 92.7 cm³/mol. The molecule has 120 valence electrons. The Labute approximate surface area is 142 Å². The molecule has 0 atom stereocenters. The fourth-order valence-electron chi connectivity index (χ4n) is 2.22. The number of hydrogen-bond acceptors (Lipinski definition) is 3. The van der Waals surface area contributed by atoms with Crippen molar-refractivity contribution in [2.45, 2.75) is 6.54 Å². The average molecular weight is 337 g/mol. The van der Waals surface area contributed by atoms with Crippen molar-refractivity contribution in [2.24, 2.45) is 10.7 Å². The fourth-order valence-corrected chi connectivity index (χ4v) is 2.94. The van der Waals surface area contributed by atoms with Crippen molar-refractivity contribution in [1.29, 1.82) is 0 Å². The van der Waals surface area contributed by atoms with Gasteiger partial charge in [0.05, 0.1) is 0 Å². The summed E-state index contributed by atoms with van der Waals surface area (Å²) in [7, 11) is 0. The van der Waals surface area contributed by atoms with Crippen LogP contribution in [0.1, 0.15) is 26.3 Å². The lowest BCUT2D eigenvalue weighted by molar-refractivity contribution is 0.0987. The second-order valence-electron chi connectivity index (χ2n) is 5.16. The molecular weight excluding hydrogens is 322 g/mol. The van der Waals surface area contributed by atoms with Crippen LogP contribution in [0.15, 0.2) is 71.2 Å². The molecule has 2 aromatic carbocycles. The highest BCUT2D eigenvalue weighted by Crippen LogP contribution is 2.06. The number of hydrogen-bond donors (Lipinski definition) is 1. The minimum atomic E-state index is -0.523. The molecule has 2 amide bonds. The van der Waals surface area contributed by atoms with Gasteiger partial charge in [0.25, 0.3) is 5.91 Å². The zero-order chi connectivity index (χ0) is 16.9. The molecule has 0 fully saturated rings. The van der Waals surface area contributed by atoms with E-state index in [0.29, 0.717) is 22.5 Å². The van der Waals surface area contributed by atoms with Gasteiger partial charge in [0, 0.05) is 29.2 Å². The van der Waals surface area contributed by atoms with Crippen LogP contribution in [0.2, 0.25) is 0 Å². The Balaban J connectivity index is 1.85. The standard InChI is InChI=1S/C18H15N3O2S/c19-16(22)14-6-8-15(9-7-14)17(23)20-18-21(10-11-24-18)12-13-4-2-1-3-5-13/h1-11H,12H2,(H2,19,22). The number of nitrogens with two attached hydrogens (primary N) is 1. The van der Waals surface area contributed by atoms with Gasteiger partial charge in [-0.15, -0.1) is 11.3 Å². The Morgan fingerprint density at radius 1 is 1.00 bits per heavy atom. The first-order valence-corrected chi connectivity index (χ1v) is 8.18. The number of thiazole rings is 1. The summed E-state index contributed by atoms with van der Waals surface area (Å²) in [5, 5.41) is 1.89. The van der Waals surface area contributed by atoms with Crippen LogP contribution in [0.5, 0.6) is 0 Å². The van der Waals surface area contributed by atoms with E-state index < -0.39 is 5.91 Å². The van der Waals surface area contributed by atoms with Gasteiger partial charge in [-0.1, -0.05) is 30.3 Å². The van der Waals surface area contributed by atoms with Gasteiger partial charge in [-0.2, -0.15) is 4.99 Å². The molecule has 0 saturated carbocycles. The van der Waals surface area contributed by atoms with Crippen LogP contribution in [0, 0.1) is 0 Å². The zero-order valence-corrected chi connectivity index (χ0v) is 13.6. The van der Waals surface area contributed by atoms with Gasteiger partial charge < -0.3 is 10.3 Å². The first-order valence-electron chi connectivity index (χ1n) is 7.30. The van der Waals surface area contributed by atoms with E-state index in [-0.39, 0.29) is 5.91 Å². The monoisotopic (exact) mass is 337 g/mol. The SMILES string of the molecule is NC(=O)c1ccc(C(=O)N=c2sccn2Cc2ccccc2)cc1. The van der Waals surface area contributed by atoms with Gasteiger partial charge >= 0.3 is 0 Å². The van der Waals surface area contributed by atoms with Crippen molar-refractivity contribution in [2.75, 3.05) is 0 Å². The maximum Gasteiger partial charge on any atom is 0.279 e. The van der Waals surface area contributed by atoms with Crippen molar-refractivity contribution >= 4 is 23.2 Å². The highest BCUT2D eigenvalue weighted by Gasteiger charge is 2.07. The largest absolute Gasteiger partial charge is 0.366 e. The molecule has 5 nitrogen and oxygen atoms in total. The topological polar surface area (TPSA) is 77.5 Å². The Morgan fingerprint density at radius 2 is 1.67 bits per heavy atom. The summed E-state index contributed by atoms with van der Waals surface area (Å²) in [6, 6.07) is 16.1. The third-order valence-electron chi connectivity index (χ3n) is 3.47. The molecule has 0 spiro atoms. The quantitative estimate of drug-likeness (QED) is 0.794. The number of nitrogens with zero attached hydrogens (tertiary/aromatic N) is 2. The summed E-state index contributed by atoms with van der Waals surface area (Å²) in [5.74, 6) is -0.875. The van der Waals surface area contributed by atoms with Crippen LogP contribution in [0.4, 0.5) is 0 Å². The average Bonchev–Trinajstić information content (AvgIpc) is 3.02. The molecule has 0 bridgehead atoms. The first kappa shape index (κ1) is 15.9. The predicted octanol–water partition coefficient (Wildman–Crippen LogP) is 2.44. The van der Waals surface area contributed by atoms with Crippen LogP contribution < -0.4 is 10.5 Å². The van der Waals surface area contributed by atoms with Crippen molar-refractivity contribution in [3.63, 3.8) is 0 Å². The molecule has 1 heterocycles. The highest BCUT2D eigenvalue weighted by atomic mass is 32.1. The zero-order valence-electron chi connectivity index (χ0n) is 12.8. The van der Waals surface area contributed by atoms with Crippen LogP contribution in [-0.2, 0) is 6.54 Å². The molecule has 24 heavy (non-hydrogen) atoms. The van der Waals surface area contributed by atoms with E-state index in [1.54, 1.807) is 12.1 Å². The van der Waals surface area contributed by atoms with Crippen LogP contribution in [-0.4, -0.2) is 16.4 Å². The molecule has 3 rings (SSSR count). The van der Waals surface area contributed by atoms with Gasteiger partial charge in [0.2, 0.25) is 5.91 Å². The summed E-state index contributed by atoms with van der Waals surface area (Å²) < 4.78 is 1.93. The number of benzene rings is 2. The second kappa shape index (κ2) is 7.06. The van der Waals surface area contributed by atoms with E-state index in [9.17, 15) is 9.59 Å². The minimum absolute atomic E-state index is 0.352. The van der Waals surface area contributed by atoms with Crippen LogP contribution in [0.25, 0.3) is 0 Å². The van der Waals surface area contributed by atoms with Gasteiger partial charge in [0.1, 0.15) is 0 Å². The number of aromatic nitrogens is 1. The summed E-state index contributed by atoms with van der Waals surface area (Å²) in [4.78, 5) is 28.2. The Kier molecular flexibility index (Phi) is 4.67. The smallest absolute Gasteiger partial charge is 0.279 e. The summed E-state index contributed by atoms with van der Waals surface area (Å²) in [5.41, 5.74) is 7.11. The summed E-state index contributed by atoms with van der Waals surface area (Å²) >= 11 is 1.40. The second-order valence-corrected chi connectivity index (χ2v) is 6.03. The Morgan fingerprint density at radius 3 is 2.33 bits per heavy atom. The van der Waals surface area contributed by atoms with E-state index >= 15 is 0 Å². The Hall–Kier alpha value is -2.99. The molecule has 0 aliphatic heterocycles. The molecule has 6 heteroatoms. The van der Waals surface area contributed by atoms with Gasteiger partial charge in [0.15, 0.2) is 4.80 Å². The number of carbonyl (C=O) groups excluding carboxylic acids is 2. The molecule has 0 aliphatic rings. The molecular formula is C18H15N3O2S. The number of primary amides is 1. The highest BCUT2D eigenvalue weighted by molar-refractivity contribution is 7.07. The van der Waals surface area contributed by atoms with E-state index in [1.807, 2.05) is 46.5 Å². The lowest BCUT2D eigenvalue weighted by Crippen LogP contribution is -2.17.